The first-order chi connectivity index (χ1) is 8.22. The van der Waals surface area contributed by atoms with Crippen molar-refractivity contribution >= 4 is 16.4 Å². The molecule has 0 radical (unpaired) electrons. The molecular weight excluding hydrogens is 262 g/mol. The SMILES string of the molecule is CCC=C(C)C(=O)O.CNC.COS(=O)(=O)OC. The van der Waals surface area contributed by atoms with Crippen LogP contribution in [0.5, 0.6) is 0 Å². The van der Waals surface area contributed by atoms with Crippen molar-refractivity contribution in [3.05, 3.63) is 11.6 Å². The van der Waals surface area contributed by atoms with E-state index in [-0.39, 0.29) is 0 Å². The molecule has 0 aliphatic carbocycles. The lowest BCUT2D eigenvalue weighted by Crippen LogP contribution is -2.02. The molecule has 18 heavy (non-hydrogen) atoms. The maximum atomic E-state index is 10.0. The first kappa shape index (κ1) is 22.2. The van der Waals surface area contributed by atoms with Crippen LogP contribution in [0.4, 0.5) is 0 Å². The lowest BCUT2D eigenvalue weighted by molar-refractivity contribution is -0.132. The topological polar surface area (TPSA) is 102 Å². The summed E-state index contributed by atoms with van der Waals surface area (Å²) in [7, 11) is 2.15. The molecule has 0 rings (SSSR count). The molecule has 0 unspecified atom stereocenters. The Hall–Kier alpha value is -0.960. The second-order valence-electron chi connectivity index (χ2n) is 2.84. The molecule has 0 aliphatic heterocycles. The number of rotatable bonds is 4. The highest BCUT2D eigenvalue weighted by Crippen LogP contribution is 1.92. The third-order valence-electron chi connectivity index (χ3n) is 1.26. The van der Waals surface area contributed by atoms with Crippen molar-refractivity contribution in [1.29, 1.82) is 0 Å². The summed E-state index contributed by atoms with van der Waals surface area (Å²) < 4.78 is 27.5. The molecule has 0 amide bonds. The Morgan fingerprint density at radius 3 is 1.67 bits per heavy atom. The maximum Gasteiger partial charge on any atom is 0.399 e. The van der Waals surface area contributed by atoms with E-state index in [1.165, 1.54) is 0 Å². The molecule has 0 aromatic carbocycles. The second kappa shape index (κ2) is 14.1. The highest BCUT2D eigenvalue weighted by Gasteiger charge is 2.01. The van der Waals surface area contributed by atoms with E-state index in [1.54, 1.807) is 13.0 Å². The number of aliphatic carboxylic acids is 1. The summed E-state index contributed by atoms with van der Waals surface area (Å²) in [5.74, 6) is -0.827. The van der Waals surface area contributed by atoms with Gasteiger partial charge in [-0.2, -0.15) is 8.42 Å². The van der Waals surface area contributed by atoms with Gasteiger partial charge in [0.25, 0.3) is 0 Å². The number of hydrogen-bond acceptors (Lipinski definition) is 6. The molecule has 0 heterocycles. The Kier molecular flexibility index (Phi) is 17.4. The summed E-state index contributed by atoms with van der Waals surface area (Å²) in [6.45, 7) is 3.50. The van der Waals surface area contributed by atoms with Crippen LogP contribution < -0.4 is 5.32 Å². The Balaban J connectivity index is -0.000000207. The first-order valence-corrected chi connectivity index (χ1v) is 6.40. The number of carboxylic acids is 1. The molecular formula is C10H23NO6S. The van der Waals surface area contributed by atoms with Crippen molar-refractivity contribution in [2.75, 3.05) is 28.3 Å². The van der Waals surface area contributed by atoms with Crippen LogP contribution in [0.2, 0.25) is 0 Å². The standard InChI is InChI=1S/C6H10O2.C2H7N.C2H6O4S/c1-3-4-5(2)6(7)8;1-3-2;1-5-7(3,4)6-2/h4H,3H2,1-2H3,(H,7,8);3H,1-2H3;1-2H3. The summed E-state index contributed by atoms with van der Waals surface area (Å²) in [5.41, 5.74) is 0.424. The zero-order valence-corrected chi connectivity index (χ0v) is 12.5. The average molecular weight is 285 g/mol. The zero-order chi connectivity index (χ0) is 15.2. The van der Waals surface area contributed by atoms with E-state index in [0.717, 1.165) is 20.6 Å². The second-order valence-corrected chi connectivity index (χ2v) is 4.33. The van der Waals surface area contributed by atoms with Crippen molar-refractivity contribution in [1.82, 2.24) is 5.32 Å². The Bertz CT molecular complexity index is 313. The van der Waals surface area contributed by atoms with Gasteiger partial charge >= 0.3 is 16.4 Å². The number of hydrogen-bond donors (Lipinski definition) is 2. The van der Waals surface area contributed by atoms with E-state index in [0.29, 0.717) is 5.57 Å². The van der Waals surface area contributed by atoms with Gasteiger partial charge in [-0.05, 0) is 27.4 Å². The van der Waals surface area contributed by atoms with Crippen LogP contribution in [0.3, 0.4) is 0 Å². The summed E-state index contributed by atoms with van der Waals surface area (Å²) in [6.07, 6.45) is 2.47. The smallest absolute Gasteiger partial charge is 0.399 e. The minimum Gasteiger partial charge on any atom is -0.478 e. The highest BCUT2D eigenvalue weighted by atomic mass is 32.3. The predicted molar refractivity (Wildman–Crippen MR) is 69.6 cm³/mol. The zero-order valence-electron chi connectivity index (χ0n) is 11.7. The number of allylic oxidation sites excluding steroid dienone is 1. The van der Waals surface area contributed by atoms with Crippen LogP contribution in [0.25, 0.3) is 0 Å². The summed E-state index contributed by atoms with van der Waals surface area (Å²) in [4.78, 5) is 10.0. The summed E-state index contributed by atoms with van der Waals surface area (Å²) in [6, 6.07) is 0. The Morgan fingerprint density at radius 1 is 1.28 bits per heavy atom. The fourth-order valence-corrected chi connectivity index (χ4v) is 0.598. The van der Waals surface area contributed by atoms with Gasteiger partial charge in [0.2, 0.25) is 0 Å². The molecule has 0 saturated heterocycles. The van der Waals surface area contributed by atoms with Crippen LogP contribution in [-0.2, 0) is 23.6 Å². The molecule has 2 N–H and O–H groups in total. The third kappa shape index (κ3) is 20.5. The van der Waals surface area contributed by atoms with E-state index < -0.39 is 16.4 Å². The molecule has 0 atom stereocenters. The number of carboxylic acid groups (broad SMARTS) is 1. The molecule has 110 valence electrons. The largest absolute Gasteiger partial charge is 0.478 e. The third-order valence-corrected chi connectivity index (χ3v) is 2.07. The van der Waals surface area contributed by atoms with Gasteiger partial charge in [0.15, 0.2) is 0 Å². The van der Waals surface area contributed by atoms with Gasteiger partial charge in [-0.25, -0.2) is 4.79 Å². The molecule has 0 aromatic heterocycles. The van der Waals surface area contributed by atoms with Crippen LogP contribution in [0.15, 0.2) is 11.6 Å². The fourth-order valence-electron chi connectivity index (χ4n) is 0.462. The van der Waals surface area contributed by atoms with Crippen molar-refractivity contribution in [3.63, 3.8) is 0 Å². The van der Waals surface area contributed by atoms with Crippen LogP contribution in [0.1, 0.15) is 20.3 Å². The van der Waals surface area contributed by atoms with E-state index in [4.69, 9.17) is 5.11 Å². The van der Waals surface area contributed by atoms with Gasteiger partial charge in [0, 0.05) is 5.57 Å². The van der Waals surface area contributed by atoms with Crippen LogP contribution in [0, 0.1) is 0 Å². The number of carbonyl (C=O) groups is 1. The maximum absolute atomic E-state index is 10.0. The van der Waals surface area contributed by atoms with Gasteiger partial charge in [-0.3, -0.25) is 8.37 Å². The normalized spacial score (nSPS) is 10.7. The lowest BCUT2D eigenvalue weighted by atomic mass is 10.2. The molecule has 0 aromatic rings. The van der Waals surface area contributed by atoms with Crippen molar-refractivity contribution in [3.8, 4) is 0 Å². The molecule has 0 spiro atoms. The monoisotopic (exact) mass is 285 g/mol. The van der Waals surface area contributed by atoms with Gasteiger partial charge in [-0.1, -0.05) is 13.0 Å². The molecule has 0 fully saturated rings. The van der Waals surface area contributed by atoms with Crippen molar-refractivity contribution in [2.45, 2.75) is 20.3 Å². The van der Waals surface area contributed by atoms with E-state index in [1.807, 2.05) is 21.0 Å². The molecule has 8 heteroatoms. The molecule has 0 bridgehead atoms. The van der Waals surface area contributed by atoms with E-state index in [2.05, 4.69) is 13.7 Å². The van der Waals surface area contributed by atoms with Crippen LogP contribution in [-0.4, -0.2) is 47.8 Å². The molecule has 7 nitrogen and oxygen atoms in total. The van der Waals surface area contributed by atoms with Crippen LogP contribution >= 0.6 is 0 Å². The van der Waals surface area contributed by atoms with E-state index >= 15 is 0 Å². The lowest BCUT2D eigenvalue weighted by Gasteiger charge is -1.91. The quantitative estimate of drug-likeness (QED) is 0.736. The fraction of sp³-hybridized carbons (Fsp3) is 0.700. The van der Waals surface area contributed by atoms with Gasteiger partial charge < -0.3 is 10.4 Å². The number of nitrogens with one attached hydrogen (secondary N) is 1. The summed E-state index contributed by atoms with van der Waals surface area (Å²) >= 11 is 0. The van der Waals surface area contributed by atoms with Crippen molar-refractivity contribution in [2.24, 2.45) is 0 Å². The Labute approximate surface area is 109 Å². The summed E-state index contributed by atoms with van der Waals surface area (Å²) in [5, 5.41) is 11.0. The van der Waals surface area contributed by atoms with Crippen molar-refractivity contribution < 1.29 is 26.7 Å². The van der Waals surface area contributed by atoms with Gasteiger partial charge in [-0.15, -0.1) is 0 Å². The minimum atomic E-state index is -3.66. The predicted octanol–water partition coefficient (Wildman–Crippen LogP) is 0.787. The van der Waals surface area contributed by atoms with Gasteiger partial charge in [0.1, 0.15) is 0 Å². The first-order valence-electron chi connectivity index (χ1n) is 5.06. The molecule has 0 aliphatic rings. The minimum absolute atomic E-state index is 0.424. The Morgan fingerprint density at radius 2 is 1.61 bits per heavy atom. The van der Waals surface area contributed by atoms with Gasteiger partial charge in [0.05, 0.1) is 14.2 Å². The average Bonchev–Trinajstić information content (AvgIpc) is 2.31. The highest BCUT2D eigenvalue weighted by molar-refractivity contribution is 7.81. The molecule has 0 saturated carbocycles. The van der Waals surface area contributed by atoms with E-state index in [9.17, 15) is 13.2 Å².